The minimum atomic E-state index is -0.803. The monoisotopic (exact) mass is 498 g/mol. The van der Waals surface area contributed by atoms with Crippen LogP contribution in [0.5, 0.6) is 17.2 Å². The van der Waals surface area contributed by atoms with Gasteiger partial charge in [-0.15, -0.1) is 0 Å². The first-order valence-corrected chi connectivity index (χ1v) is 13.0. The Labute approximate surface area is 211 Å². The maximum atomic E-state index is 14.3. The number of morpholine rings is 1. The topological polar surface area (TPSA) is 71.5 Å². The molecular weight excluding hydrogens is 463 g/mol. The summed E-state index contributed by atoms with van der Waals surface area (Å²) in [5, 5.41) is 9.65. The Kier molecular flexibility index (Phi) is 7.62. The van der Waals surface area contributed by atoms with Gasteiger partial charge in [0.15, 0.2) is 11.6 Å². The summed E-state index contributed by atoms with van der Waals surface area (Å²) in [6.07, 6.45) is 3.63. The summed E-state index contributed by atoms with van der Waals surface area (Å²) in [6.45, 7) is 7.49. The van der Waals surface area contributed by atoms with Crippen molar-refractivity contribution >= 4 is 5.91 Å². The zero-order valence-electron chi connectivity index (χ0n) is 20.8. The fraction of sp³-hybridized carbons (Fsp3) is 0.536. The fourth-order valence-electron chi connectivity index (χ4n) is 5.61. The van der Waals surface area contributed by atoms with Crippen molar-refractivity contribution in [2.75, 3.05) is 39.5 Å². The molecule has 5 rings (SSSR count). The van der Waals surface area contributed by atoms with Crippen LogP contribution < -0.4 is 9.47 Å². The third-order valence-electron chi connectivity index (χ3n) is 7.78. The maximum absolute atomic E-state index is 14.3. The summed E-state index contributed by atoms with van der Waals surface area (Å²) in [7, 11) is 0. The van der Waals surface area contributed by atoms with Gasteiger partial charge >= 0.3 is 0 Å². The van der Waals surface area contributed by atoms with Crippen LogP contribution in [0.2, 0.25) is 0 Å². The molecule has 1 N–H and O–H groups in total. The normalized spacial score (nSPS) is 23.4. The van der Waals surface area contributed by atoms with E-state index < -0.39 is 11.6 Å². The first-order valence-electron chi connectivity index (χ1n) is 13.0. The molecule has 2 aromatic rings. The lowest BCUT2D eigenvalue weighted by atomic mass is 9.82. The van der Waals surface area contributed by atoms with E-state index in [2.05, 4.69) is 11.8 Å². The van der Waals surface area contributed by atoms with Crippen LogP contribution >= 0.6 is 0 Å². The van der Waals surface area contributed by atoms with Crippen molar-refractivity contribution in [3.05, 3.63) is 53.3 Å². The molecule has 1 aliphatic carbocycles. The standard InChI is InChI=1S/C28H35FN2O5/c1-19(36-24-4-2-3-23(17-24)35-16-13-30-11-14-34-15-12-30)20-5-8-22(9-6-20)31-18-21-7-10-25(32)27(29)26(21)28(31)33/h2-4,7,10,17,19-20,22,32H,5-6,8-9,11-16,18H2,1H3. The van der Waals surface area contributed by atoms with Gasteiger partial charge in [-0.25, -0.2) is 4.39 Å². The van der Waals surface area contributed by atoms with E-state index in [1.54, 1.807) is 11.0 Å². The number of aromatic hydroxyl groups is 1. The molecule has 2 fully saturated rings. The zero-order chi connectivity index (χ0) is 25.1. The summed E-state index contributed by atoms with van der Waals surface area (Å²) < 4.78 is 32.0. The van der Waals surface area contributed by atoms with Crippen LogP contribution in [0.4, 0.5) is 4.39 Å². The predicted molar refractivity (Wildman–Crippen MR) is 133 cm³/mol. The molecule has 1 saturated carbocycles. The third kappa shape index (κ3) is 5.44. The van der Waals surface area contributed by atoms with Crippen LogP contribution in [0.3, 0.4) is 0 Å². The number of carbonyl (C=O) groups excluding carboxylic acids is 1. The first-order chi connectivity index (χ1) is 17.5. The molecule has 2 aromatic carbocycles. The van der Waals surface area contributed by atoms with Crippen LogP contribution in [0, 0.1) is 11.7 Å². The van der Waals surface area contributed by atoms with Crippen molar-refractivity contribution in [2.24, 2.45) is 5.92 Å². The Morgan fingerprint density at radius 3 is 2.64 bits per heavy atom. The van der Waals surface area contributed by atoms with Gasteiger partial charge in [-0.2, -0.15) is 0 Å². The molecule has 1 unspecified atom stereocenters. The minimum Gasteiger partial charge on any atom is -0.505 e. The molecule has 1 saturated heterocycles. The highest BCUT2D eigenvalue weighted by Crippen LogP contribution is 2.37. The number of nitrogens with zero attached hydrogens (tertiary/aromatic N) is 2. The summed E-state index contributed by atoms with van der Waals surface area (Å²) in [5.41, 5.74) is 0.682. The lowest BCUT2D eigenvalue weighted by Gasteiger charge is -2.36. The van der Waals surface area contributed by atoms with Gasteiger partial charge in [-0.05, 0) is 62.3 Å². The molecule has 8 heteroatoms. The molecule has 0 aromatic heterocycles. The van der Waals surface area contributed by atoms with E-state index in [0.29, 0.717) is 24.6 Å². The van der Waals surface area contributed by atoms with E-state index in [0.717, 1.165) is 70.0 Å². The second-order valence-corrected chi connectivity index (χ2v) is 10.0. The van der Waals surface area contributed by atoms with Crippen molar-refractivity contribution in [2.45, 2.75) is 51.3 Å². The Balaban J connectivity index is 1.10. The van der Waals surface area contributed by atoms with Gasteiger partial charge in [-0.3, -0.25) is 9.69 Å². The number of rotatable bonds is 8. The summed E-state index contributed by atoms with van der Waals surface area (Å²) in [5.74, 6) is 0.411. The Morgan fingerprint density at radius 2 is 1.86 bits per heavy atom. The fourth-order valence-corrected chi connectivity index (χ4v) is 5.61. The highest BCUT2D eigenvalue weighted by atomic mass is 19.1. The minimum absolute atomic E-state index is 0.0286. The van der Waals surface area contributed by atoms with E-state index in [1.807, 2.05) is 24.3 Å². The van der Waals surface area contributed by atoms with Gasteiger partial charge < -0.3 is 24.2 Å². The lowest BCUT2D eigenvalue weighted by molar-refractivity contribution is 0.0322. The molecule has 194 valence electrons. The summed E-state index contributed by atoms with van der Waals surface area (Å²) in [6, 6.07) is 10.9. The molecule has 0 bridgehead atoms. The number of phenols is 1. The SMILES string of the molecule is CC(Oc1cccc(OCCN2CCOCC2)c1)C1CCC(N2Cc3ccc(O)c(F)c3C2=O)CC1. The number of ether oxygens (including phenoxy) is 3. The molecular formula is C28H35FN2O5. The van der Waals surface area contributed by atoms with Gasteiger partial charge in [0.2, 0.25) is 0 Å². The van der Waals surface area contributed by atoms with Crippen molar-refractivity contribution in [3.63, 3.8) is 0 Å². The molecule has 0 spiro atoms. The van der Waals surface area contributed by atoms with Gasteiger partial charge in [0.05, 0.1) is 24.9 Å². The highest BCUT2D eigenvalue weighted by molar-refractivity contribution is 5.99. The highest BCUT2D eigenvalue weighted by Gasteiger charge is 2.38. The second kappa shape index (κ2) is 11.0. The van der Waals surface area contributed by atoms with E-state index in [-0.39, 0.29) is 23.6 Å². The number of hydrogen-bond donors (Lipinski definition) is 1. The average Bonchev–Trinajstić information content (AvgIpc) is 3.24. The van der Waals surface area contributed by atoms with Crippen LogP contribution in [0.15, 0.2) is 36.4 Å². The molecule has 0 radical (unpaired) electrons. The molecule has 1 amide bonds. The quantitative estimate of drug-likeness (QED) is 0.588. The maximum Gasteiger partial charge on any atom is 0.257 e. The number of phenolic OH excluding ortho intramolecular Hbond substituents is 1. The number of carbonyl (C=O) groups is 1. The number of fused-ring (bicyclic) bond motifs is 1. The van der Waals surface area contributed by atoms with Crippen LogP contribution in [0.25, 0.3) is 0 Å². The van der Waals surface area contributed by atoms with Crippen molar-refractivity contribution in [1.29, 1.82) is 0 Å². The Hall–Kier alpha value is -2.84. The lowest BCUT2D eigenvalue weighted by Crippen LogP contribution is -2.40. The van der Waals surface area contributed by atoms with Gasteiger partial charge in [0, 0.05) is 38.3 Å². The Bertz CT molecular complexity index is 1070. The summed E-state index contributed by atoms with van der Waals surface area (Å²) in [4.78, 5) is 17.0. The van der Waals surface area contributed by atoms with Crippen LogP contribution in [-0.2, 0) is 11.3 Å². The van der Waals surface area contributed by atoms with Gasteiger partial charge in [-0.1, -0.05) is 12.1 Å². The smallest absolute Gasteiger partial charge is 0.257 e. The van der Waals surface area contributed by atoms with Crippen molar-refractivity contribution < 1.29 is 28.5 Å². The number of amides is 1. The number of hydrogen-bond acceptors (Lipinski definition) is 6. The van der Waals surface area contributed by atoms with Crippen molar-refractivity contribution in [1.82, 2.24) is 9.80 Å². The first kappa shape index (κ1) is 24.8. The second-order valence-electron chi connectivity index (χ2n) is 10.0. The van der Waals surface area contributed by atoms with Crippen LogP contribution in [-0.4, -0.2) is 72.4 Å². The van der Waals surface area contributed by atoms with Crippen molar-refractivity contribution in [3.8, 4) is 17.2 Å². The summed E-state index contributed by atoms with van der Waals surface area (Å²) >= 11 is 0. The van der Waals surface area contributed by atoms with E-state index >= 15 is 0 Å². The van der Waals surface area contributed by atoms with E-state index in [4.69, 9.17) is 14.2 Å². The average molecular weight is 499 g/mol. The Morgan fingerprint density at radius 1 is 1.11 bits per heavy atom. The molecule has 2 heterocycles. The molecule has 7 nitrogen and oxygen atoms in total. The number of halogens is 1. The molecule has 36 heavy (non-hydrogen) atoms. The van der Waals surface area contributed by atoms with Gasteiger partial charge in [0.25, 0.3) is 5.91 Å². The molecule has 2 aliphatic heterocycles. The van der Waals surface area contributed by atoms with E-state index in [1.165, 1.54) is 6.07 Å². The number of benzene rings is 2. The van der Waals surface area contributed by atoms with Crippen LogP contribution in [0.1, 0.15) is 48.5 Å². The zero-order valence-corrected chi connectivity index (χ0v) is 20.8. The molecule has 1 atom stereocenters. The van der Waals surface area contributed by atoms with Gasteiger partial charge in [0.1, 0.15) is 18.1 Å². The van der Waals surface area contributed by atoms with E-state index in [9.17, 15) is 14.3 Å². The largest absolute Gasteiger partial charge is 0.505 e. The predicted octanol–water partition coefficient (Wildman–Crippen LogP) is 4.22. The molecule has 3 aliphatic rings. The third-order valence-corrected chi connectivity index (χ3v) is 7.78.